The molecule has 0 spiro atoms. The molecular weight excluding hydrogens is 341 g/mol. The van der Waals surface area contributed by atoms with Crippen LogP contribution in [-0.2, 0) is 9.59 Å². The Hall–Kier alpha value is -1.74. The second-order valence-electron chi connectivity index (χ2n) is 2.87. The molecule has 1 rings (SSSR count). The SMILES string of the molecule is Cc1cc(=O)[nH]c(NCC(=O)N[I-]N=C=O)n1. The molecule has 0 aliphatic heterocycles. The van der Waals surface area contributed by atoms with Gasteiger partial charge in [0.1, 0.15) is 0 Å². The molecule has 92 valence electrons. The normalized spacial score (nSPS) is 9.47. The van der Waals surface area contributed by atoms with E-state index in [1.165, 1.54) is 12.1 Å². The Labute approximate surface area is 107 Å². The number of carbonyl (C=O) groups excluding carboxylic acids is 2. The fraction of sp³-hybridized carbons (Fsp3) is 0.250. The predicted octanol–water partition coefficient (Wildman–Crippen LogP) is -4.14. The van der Waals surface area contributed by atoms with Gasteiger partial charge in [0.15, 0.2) is 0 Å². The van der Waals surface area contributed by atoms with Crippen molar-refractivity contribution in [3.8, 4) is 0 Å². The van der Waals surface area contributed by atoms with Crippen molar-refractivity contribution in [3.05, 3.63) is 22.1 Å². The van der Waals surface area contributed by atoms with Crippen molar-refractivity contribution in [1.82, 2.24) is 13.5 Å². The van der Waals surface area contributed by atoms with Gasteiger partial charge in [0.2, 0.25) is 0 Å². The summed E-state index contributed by atoms with van der Waals surface area (Å²) in [6.07, 6.45) is 1.34. The second-order valence-corrected chi connectivity index (χ2v) is 4.37. The molecule has 0 unspecified atom stereocenters. The van der Waals surface area contributed by atoms with Crippen LogP contribution in [0.2, 0.25) is 0 Å². The summed E-state index contributed by atoms with van der Waals surface area (Å²) in [5, 5.41) is 2.65. The maximum atomic E-state index is 11.2. The Kier molecular flexibility index (Phi) is 5.30. The van der Waals surface area contributed by atoms with E-state index in [0.29, 0.717) is 5.69 Å². The third-order valence-corrected chi connectivity index (χ3v) is 2.79. The van der Waals surface area contributed by atoms with Gasteiger partial charge in [-0.15, -0.1) is 0 Å². The van der Waals surface area contributed by atoms with Crippen LogP contribution in [0.4, 0.5) is 5.95 Å². The number of aryl methyl sites for hydroxylation is 1. The van der Waals surface area contributed by atoms with E-state index >= 15 is 0 Å². The zero-order valence-corrected chi connectivity index (χ0v) is 10.9. The first-order valence-corrected chi connectivity index (χ1v) is 6.47. The van der Waals surface area contributed by atoms with E-state index in [-0.39, 0.29) is 24.0 Å². The van der Waals surface area contributed by atoms with Crippen molar-refractivity contribution in [2.24, 2.45) is 3.21 Å². The monoisotopic (exact) mass is 350 g/mol. The van der Waals surface area contributed by atoms with E-state index in [9.17, 15) is 14.4 Å². The van der Waals surface area contributed by atoms with Gasteiger partial charge in [-0.05, 0) is 0 Å². The number of hydrogen-bond donors (Lipinski definition) is 3. The van der Waals surface area contributed by atoms with E-state index in [2.05, 4.69) is 22.0 Å². The molecule has 0 fully saturated rings. The maximum absolute atomic E-state index is 11.2. The van der Waals surface area contributed by atoms with E-state index in [4.69, 9.17) is 0 Å². The molecule has 3 N–H and O–H groups in total. The molecule has 0 atom stereocenters. The number of nitrogens with zero attached hydrogens (tertiary/aromatic N) is 2. The Balaban J connectivity index is 2.47. The molecule has 0 aliphatic rings. The molecule has 0 saturated carbocycles. The second kappa shape index (κ2) is 6.76. The van der Waals surface area contributed by atoms with Crippen LogP contribution in [0.5, 0.6) is 0 Å². The number of halogens is 1. The molecule has 8 nitrogen and oxygen atoms in total. The van der Waals surface area contributed by atoms with Crippen LogP contribution >= 0.6 is 0 Å². The molecule has 9 heteroatoms. The average Bonchev–Trinajstić information content (AvgIpc) is 2.25. The minimum absolute atomic E-state index is 0.0551. The van der Waals surface area contributed by atoms with E-state index < -0.39 is 21.8 Å². The molecule has 0 radical (unpaired) electrons. The number of aromatic nitrogens is 2. The topological polar surface area (TPSA) is 116 Å². The van der Waals surface area contributed by atoms with Crippen molar-refractivity contribution in [3.63, 3.8) is 0 Å². The molecule has 1 aromatic rings. The van der Waals surface area contributed by atoms with Gasteiger partial charge in [-0.25, -0.2) is 0 Å². The van der Waals surface area contributed by atoms with Gasteiger partial charge in [0.05, 0.1) is 0 Å². The summed E-state index contributed by atoms with van der Waals surface area (Å²) in [5.74, 6) is -0.108. The average molecular weight is 350 g/mol. The number of anilines is 1. The van der Waals surface area contributed by atoms with Crippen LogP contribution in [0.3, 0.4) is 0 Å². The Morgan fingerprint density at radius 2 is 2.47 bits per heavy atom. The number of amides is 1. The third-order valence-electron chi connectivity index (χ3n) is 1.51. The van der Waals surface area contributed by atoms with Crippen LogP contribution in [-0.4, -0.2) is 28.5 Å². The number of aromatic amines is 1. The fourth-order valence-electron chi connectivity index (χ4n) is 0.946. The van der Waals surface area contributed by atoms with E-state index in [0.717, 1.165) is 0 Å². The van der Waals surface area contributed by atoms with Crippen LogP contribution in [0, 0.1) is 6.92 Å². The standard InChI is InChI=1S/C8H9IN5O3/c1-5-2-6(16)13-8(12-5)10-3-7(17)14-9-11-4-15/h2H,3H2,1H3,(H,14,17)(H2,10,12,13,16)/q-1. The zero-order valence-electron chi connectivity index (χ0n) is 8.78. The Morgan fingerprint density at radius 1 is 1.71 bits per heavy atom. The summed E-state index contributed by atoms with van der Waals surface area (Å²) in [7, 11) is 0. The fourth-order valence-corrected chi connectivity index (χ4v) is 1.62. The van der Waals surface area contributed by atoms with Crippen molar-refractivity contribution in [2.75, 3.05) is 11.9 Å². The van der Waals surface area contributed by atoms with Gasteiger partial charge in [-0.3, -0.25) is 0 Å². The van der Waals surface area contributed by atoms with Crippen molar-refractivity contribution < 1.29 is 31.3 Å². The molecule has 1 amide bonds. The summed E-state index contributed by atoms with van der Waals surface area (Å²) in [4.78, 5) is 38.5. The summed E-state index contributed by atoms with van der Waals surface area (Å²) in [5.41, 5.74) is 0.257. The summed E-state index contributed by atoms with van der Waals surface area (Å²) in [6, 6.07) is 1.34. The van der Waals surface area contributed by atoms with Gasteiger partial charge < -0.3 is 0 Å². The number of carbonyl (C=O) groups is 1. The molecule has 1 heterocycles. The van der Waals surface area contributed by atoms with Gasteiger partial charge in [0.25, 0.3) is 0 Å². The quantitative estimate of drug-likeness (QED) is 0.216. The van der Waals surface area contributed by atoms with Crippen molar-refractivity contribution in [1.29, 1.82) is 0 Å². The van der Waals surface area contributed by atoms with Crippen molar-refractivity contribution >= 4 is 17.9 Å². The first-order chi connectivity index (χ1) is 8.11. The number of hydrogen-bond acceptors (Lipinski definition) is 6. The third kappa shape index (κ3) is 5.22. The first kappa shape index (κ1) is 13.3. The van der Waals surface area contributed by atoms with Gasteiger partial charge in [-0.2, -0.15) is 0 Å². The number of rotatable bonds is 5. The molecule has 1 aromatic heterocycles. The Bertz CT molecular complexity index is 508. The van der Waals surface area contributed by atoms with Gasteiger partial charge >= 0.3 is 107 Å². The number of nitrogens with one attached hydrogen (secondary N) is 3. The van der Waals surface area contributed by atoms with Crippen LogP contribution in [0.1, 0.15) is 5.69 Å². The summed E-state index contributed by atoms with van der Waals surface area (Å²) in [6.45, 7) is 1.62. The number of H-pyrrole nitrogens is 1. The zero-order chi connectivity index (χ0) is 12.7. The molecule has 0 aliphatic carbocycles. The molecule has 0 saturated heterocycles. The molecule has 0 bridgehead atoms. The van der Waals surface area contributed by atoms with Crippen molar-refractivity contribution in [2.45, 2.75) is 6.92 Å². The van der Waals surface area contributed by atoms with Gasteiger partial charge in [0, 0.05) is 0 Å². The summed E-state index contributed by atoms with van der Waals surface area (Å²) >= 11 is -1.04. The summed E-state index contributed by atoms with van der Waals surface area (Å²) < 4.78 is 5.71. The molecule has 0 aromatic carbocycles. The first-order valence-electron chi connectivity index (χ1n) is 4.43. The molecule has 17 heavy (non-hydrogen) atoms. The minimum atomic E-state index is -1.04. The van der Waals surface area contributed by atoms with Crippen LogP contribution < -0.4 is 36.2 Å². The molecular formula is C8H9IN5O3-. The van der Waals surface area contributed by atoms with Gasteiger partial charge in [-0.1, -0.05) is 0 Å². The van der Waals surface area contributed by atoms with Crippen LogP contribution in [0.25, 0.3) is 0 Å². The van der Waals surface area contributed by atoms with E-state index in [1.807, 2.05) is 0 Å². The van der Waals surface area contributed by atoms with Crippen LogP contribution in [0.15, 0.2) is 14.1 Å². The predicted molar refractivity (Wildman–Crippen MR) is 54.3 cm³/mol. The Morgan fingerprint density at radius 3 is 3.12 bits per heavy atom. The van der Waals surface area contributed by atoms with E-state index in [1.54, 1.807) is 6.92 Å². The number of isocyanates is 1.